The molecular formula is C16H18N4O3S. The molecule has 126 valence electrons. The lowest BCUT2D eigenvalue weighted by molar-refractivity contribution is 0.573. The van der Waals surface area contributed by atoms with Gasteiger partial charge in [-0.1, -0.05) is 6.07 Å². The van der Waals surface area contributed by atoms with Crippen LogP contribution in [0, 0.1) is 6.92 Å². The van der Waals surface area contributed by atoms with Crippen molar-refractivity contribution in [1.29, 1.82) is 0 Å². The fraction of sp³-hybridized carbons (Fsp3) is 0.250. The molecular weight excluding hydrogens is 328 g/mol. The monoisotopic (exact) mass is 346 g/mol. The quantitative estimate of drug-likeness (QED) is 0.740. The molecule has 0 aliphatic heterocycles. The first-order valence-corrected chi connectivity index (χ1v) is 9.01. The van der Waals surface area contributed by atoms with Gasteiger partial charge in [0.05, 0.1) is 6.26 Å². The summed E-state index contributed by atoms with van der Waals surface area (Å²) >= 11 is 0. The first-order valence-electron chi connectivity index (χ1n) is 7.52. The molecule has 0 bridgehead atoms. The molecule has 3 heterocycles. The molecule has 8 heteroatoms. The number of hydrogen-bond donors (Lipinski definition) is 1. The summed E-state index contributed by atoms with van der Waals surface area (Å²) in [5.41, 5.74) is 1.34. The minimum Gasteiger partial charge on any atom is -0.463 e. The van der Waals surface area contributed by atoms with E-state index < -0.39 is 10.0 Å². The number of hydrogen-bond acceptors (Lipinski definition) is 5. The van der Waals surface area contributed by atoms with E-state index in [1.807, 2.05) is 13.0 Å². The van der Waals surface area contributed by atoms with Crippen molar-refractivity contribution in [2.75, 3.05) is 0 Å². The van der Waals surface area contributed by atoms with E-state index in [1.54, 1.807) is 42.1 Å². The van der Waals surface area contributed by atoms with Gasteiger partial charge in [-0.3, -0.25) is 4.98 Å². The Balaban J connectivity index is 1.83. The van der Waals surface area contributed by atoms with Gasteiger partial charge in [0.1, 0.15) is 11.5 Å². The van der Waals surface area contributed by atoms with Crippen LogP contribution in [-0.4, -0.2) is 23.0 Å². The smallest absolute Gasteiger partial charge is 0.259 e. The topological polar surface area (TPSA) is 90.0 Å². The summed E-state index contributed by atoms with van der Waals surface area (Å²) in [4.78, 5) is 8.39. The highest BCUT2D eigenvalue weighted by molar-refractivity contribution is 7.89. The molecule has 0 saturated heterocycles. The Bertz CT molecular complexity index is 930. The number of aryl methyl sites for hydroxylation is 2. The molecule has 24 heavy (non-hydrogen) atoms. The van der Waals surface area contributed by atoms with Crippen LogP contribution in [0.3, 0.4) is 0 Å². The Kier molecular flexibility index (Phi) is 4.50. The maximum absolute atomic E-state index is 12.5. The predicted molar refractivity (Wildman–Crippen MR) is 88.6 cm³/mol. The minimum absolute atomic E-state index is 0.0188. The number of furan rings is 1. The van der Waals surface area contributed by atoms with Gasteiger partial charge in [-0.05, 0) is 37.6 Å². The van der Waals surface area contributed by atoms with Crippen LogP contribution < -0.4 is 4.72 Å². The van der Waals surface area contributed by atoms with E-state index in [4.69, 9.17) is 4.42 Å². The summed E-state index contributed by atoms with van der Waals surface area (Å²) < 4.78 is 34.6. The third kappa shape index (κ3) is 3.24. The second-order valence-corrected chi connectivity index (χ2v) is 6.94. The zero-order valence-corrected chi connectivity index (χ0v) is 14.2. The average molecular weight is 346 g/mol. The number of aromatic nitrogens is 3. The maximum atomic E-state index is 12.5. The summed E-state index contributed by atoms with van der Waals surface area (Å²) in [5, 5.41) is 0.0188. The molecule has 1 N–H and O–H groups in total. The van der Waals surface area contributed by atoms with E-state index in [9.17, 15) is 8.42 Å². The lowest BCUT2D eigenvalue weighted by Gasteiger charge is -2.07. The van der Waals surface area contributed by atoms with Gasteiger partial charge in [-0.15, -0.1) is 0 Å². The average Bonchev–Trinajstić information content (AvgIpc) is 3.23. The summed E-state index contributed by atoms with van der Waals surface area (Å²) in [7, 11) is -3.70. The van der Waals surface area contributed by atoms with Crippen LogP contribution in [0.15, 0.2) is 52.4 Å². The van der Waals surface area contributed by atoms with Crippen LogP contribution in [0.2, 0.25) is 0 Å². The molecule has 3 aromatic rings. The van der Waals surface area contributed by atoms with Crippen molar-refractivity contribution >= 4 is 10.0 Å². The first-order chi connectivity index (χ1) is 11.5. The predicted octanol–water partition coefficient (Wildman–Crippen LogP) is 2.34. The van der Waals surface area contributed by atoms with Crippen LogP contribution >= 0.6 is 0 Å². The number of imidazole rings is 1. The second kappa shape index (κ2) is 6.58. The van der Waals surface area contributed by atoms with Crippen molar-refractivity contribution in [3.05, 3.63) is 54.3 Å². The summed E-state index contributed by atoms with van der Waals surface area (Å²) in [6, 6.07) is 7.11. The normalized spacial score (nSPS) is 11.8. The van der Waals surface area contributed by atoms with Crippen molar-refractivity contribution in [3.8, 4) is 11.5 Å². The third-order valence-corrected chi connectivity index (χ3v) is 4.94. The standard InChI is InChI=1S/C16H18N4O3S/c1-3-20-11-15(19-12(20)2)24(21,22)18-10-13-6-4-8-17-16(13)14-7-5-9-23-14/h4-9,11,18H,3,10H2,1-2H3. The summed E-state index contributed by atoms with van der Waals surface area (Å²) in [5.74, 6) is 1.26. The maximum Gasteiger partial charge on any atom is 0.259 e. The van der Waals surface area contributed by atoms with Crippen LogP contribution in [0.5, 0.6) is 0 Å². The van der Waals surface area contributed by atoms with E-state index in [1.165, 1.54) is 6.20 Å². The molecule has 0 aliphatic rings. The lowest BCUT2D eigenvalue weighted by Crippen LogP contribution is -2.24. The Morgan fingerprint density at radius 3 is 2.79 bits per heavy atom. The zero-order valence-electron chi connectivity index (χ0n) is 13.4. The van der Waals surface area contributed by atoms with Gasteiger partial charge in [-0.25, -0.2) is 18.1 Å². The molecule has 0 spiro atoms. The minimum atomic E-state index is -3.70. The van der Waals surface area contributed by atoms with Crippen LogP contribution in [0.25, 0.3) is 11.5 Å². The van der Waals surface area contributed by atoms with Gasteiger partial charge in [0, 0.05) is 25.5 Å². The van der Waals surface area contributed by atoms with E-state index in [0.29, 0.717) is 23.8 Å². The molecule has 0 unspecified atom stereocenters. The number of rotatable bonds is 6. The summed E-state index contributed by atoms with van der Waals surface area (Å²) in [6.07, 6.45) is 4.73. The number of sulfonamides is 1. The number of nitrogens with one attached hydrogen (secondary N) is 1. The van der Waals surface area contributed by atoms with Gasteiger partial charge >= 0.3 is 0 Å². The fourth-order valence-electron chi connectivity index (χ4n) is 2.39. The van der Waals surface area contributed by atoms with Crippen molar-refractivity contribution in [2.45, 2.75) is 32.0 Å². The molecule has 0 amide bonds. The largest absolute Gasteiger partial charge is 0.463 e. The number of pyridine rings is 1. The molecule has 0 saturated carbocycles. The van der Waals surface area contributed by atoms with Crippen LogP contribution in [0.4, 0.5) is 0 Å². The molecule has 7 nitrogen and oxygen atoms in total. The fourth-order valence-corrected chi connectivity index (χ4v) is 3.40. The highest BCUT2D eigenvalue weighted by Gasteiger charge is 2.19. The Hall–Kier alpha value is -2.45. The van der Waals surface area contributed by atoms with E-state index in [0.717, 1.165) is 5.56 Å². The SMILES string of the molecule is CCn1cc(S(=O)(=O)NCc2cccnc2-c2ccco2)nc1C. The lowest BCUT2D eigenvalue weighted by atomic mass is 10.1. The second-order valence-electron chi connectivity index (χ2n) is 5.23. The van der Waals surface area contributed by atoms with Gasteiger partial charge in [0.25, 0.3) is 10.0 Å². The molecule has 0 atom stereocenters. The Morgan fingerprint density at radius 1 is 1.29 bits per heavy atom. The highest BCUT2D eigenvalue weighted by Crippen LogP contribution is 2.21. The molecule has 0 fully saturated rings. The molecule has 3 aromatic heterocycles. The summed E-state index contributed by atoms with van der Waals surface area (Å²) in [6.45, 7) is 4.48. The van der Waals surface area contributed by atoms with Crippen molar-refractivity contribution in [3.63, 3.8) is 0 Å². The van der Waals surface area contributed by atoms with Crippen molar-refractivity contribution < 1.29 is 12.8 Å². The Labute approximate surface area is 140 Å². The third-order valence-electron chi connectivity index (χ3n) is 3.67. The highest BCUT2D eigenvalue weighted by atomic mass is 32.2. The van der Waals surface area contributed by atoms with Gasteiger partial charge in [0.15, 0.2) is 10.8 Å². The van der Waals surface area contributed by atoms with Crippen LogP contribution in [0.1, 0.15) is 18.3 Å². The van der Waals surface area contributed by atoms with Crippen molar-refractivity contribution in [1.82, 2.24) is 19.3 Å². The molecule has 0 aromatic carbocycles. The van der Waals surface area contributed by atoms with Gasteiger partial charge < -0.3 is 8.98 Å². The Morgan fingerprint density at radius 2 is 2.12 bits per heavy atom. The first kappa shape index (κ1) is 16.4. The van der Waals surface area contributed by atoms with Crippen molar-refractivity contribution in [2.24, 2.45) is 0 Å². The van der Waals surface area contributed by atoms with E-state index in [-0.39, 0.29) is 11.6 Å². The van der Waals surface area contributed by atoms with Gasteiger partial charge in [0.2, 0.25) is 0 Å². The number of nitrogens with zero attached hydrogens (tertiary/aromatic N) is 3. The van der Waals surface area contributed by atoms with E-state index >= 15 is 0 Å². The van der Waals surface area contributed by atoms with Gasteiger partial charge in [-0.2, -0.15) is 0 Å². The van der Waals surface area contributed by atoms with Crippen LogP contribution in [-0.2, 0) is 23.1 Å². The molecule has 0 radical (unpaired) electrons. The molecule has 3 rings (SSSR count). The molecule has 0 aliphatic carbocycles. The van der Waals surface area contributed by atoms with E-state index in [2.05, 4.69) is 14.7 Å². The zero-order chi connectivity index (χ0) is 17.2.